The highest BCUT2D eigenvalue weighted by Crippen LogP contribution is 2.30. The van der Waals surface area contributed by atoms with E-state index in [1.165, 1.54) is 0 Å². The van der Waals surface area contributed by atoms with Gasteiger partial charge in [-0.25, -0.2) is 0 Å². The molecule has 2 aliphatic heterocycles. The molecule has 1 aromatic heterocycles. The van der Waals surface area contributed by atoms with Crippen LogP contribution in [-0.4, -0.2) is 52.7 Å². The van der Waals surface area contributed by atoms with Gasteiger partial charge in [-0.05, 0) is 61.2 Å². The summed E-state index contributed by atoms with van der Waals surface area (Å²) in [5.74, 6) is 1.17. The number of hydrogen-bond donors (Lipinski definition) is 1. The third-order valence-electron chi connectivity index (χ3n) is 7.07. The minimum Gasteiger partial charge on any atom is -0.462 e. The minimum absolute atomic E-state index is 0.0335. The molecule has 2 aromatic rings. The summed E-state index contributed by atoms with van der Waals surface area (Å²) in [4.78, 5) is 33.4. The zero-order valence-electron chi connectivity index (χ0n) is 20.9. The molecule has 0 atom stereocenters. The highest BCUT2D eigenvalue weighted by molar-refractivity contribution is 5.96. The van der Waals surface area contributed by atoms with Crippen LogP contribution >= 0.6 is 0 Å². The molecular weight excluding hydrogens is 464 g/mol. The number of ketones is 1. The number of pyridine rings is 1. The Morgan fingerprint density at radius 3 is 2.78 bits per heavy atom. The fourth-order valence-electron chi connectivity index (χ4n) is 5.01. The summed E-state index contributed by atoms with van der Waals surface area (Å²) in [6.07, 6.45) is 16.8. The van der Waals surface area contributed by atoms with Gasteiger partial charge in [0.25, 0.3) is 5.91 Å². The number of amides is 1. The Balaban J connectivity index is 1.13. The summed E-state index contributed by atoms with van der Waals surface area (Å²) in [6, 6.07) is 11.8. The summed E-state index contributed by atoms with van der Waals surface area (Å²) < 4.78 is 5.66. The van der Waals surface area contributed by atoms with Crippen molar-refractivity contribution in [1.82, 2.24) is 20.1 Å². The number of likely N-dealkylation sites (tertiary alicyclic amines) is 1. The molecule has 190 valence electrons. The maximum Gasteiger partial charge on any atom is 0.251 e. The highest BCUT2D eigenvalue weighted by Gasteiger charge is 2.24. The van der Waals surface area contributed by atoms with Crippen LogP contribution in [0.3, 0.4) is 0 Å². The number of aromatic nitrogens is 1. The summed E-state index contributed by atoms with van der Waals surface area (Å²) in [5.41, 5.74) is 3.80. The topological polar surface area (TPSA) is 74.8 Å². The average Bonchev–Trinajstić information content (AvgIpc) is 2.96. The van der Waals surface area contributed by atoms with E-state index in [1.54, 1.807) is 30.8 Å². The second kappa shape index (κ2) is 11.8. The van der Waals surface area contributed by atoms with Crippen molar-refractivity contribution in [3.8, 4) is 0 Å². The Hall–Kier alpha value is -3.97. The molecule has 0 bridgehead atoms. The van der Waals surface area contributed by atoms with Crippen LogP contribution in [0.4, 0.5) is 0 Å². The lowest BCUT2D eigenvalue weighted by Crippen LogP contribution is -2.38. The smallest absolute Gasteiger partial charge is 0.251 e. The van der Waals surface area contributed by atoms with Gasteiger partial charge in [-0.2, -0.15) is 0 Å². The molecule has 3 heterocycles. The van der Waals surface area contributed by atoms with Gasteiger partial charge in [-0.1, -0.05) is 36.4 Å². The lowest BCUT2D eigenvalue weighted by molar-refractivity contribution is -0.114. The van der Waals surface area contributed by atoms with E-state index in [-0.39, 0.29) is 11.7 Å². The van der Waals surface area contributed by atoms with Gasteiger partial charge in [-0.3, -0.25) is 14.6 Å². The second-order valence-corrected chi connectivity index (χ2v) is 9.58. The molecule has 0 radical (unpaired) electrons. The van der Waals surface area contributed by atoms with E-state index in [9.17, 15) is 9.59 Å². The van der Waals surface area contributed by atoms with Crippen LogP contribution in [0.5, 0.6) is 0 Å². The molecular formula is C30H32N4O3. The van der Waals surface area contributed by atoms with Gasteiger partial charge < -0.3 is 19.9 Å². The third-order valence-corrected chi connectivity index (χ3v) is 7.07. The number of piperidine rings is 1. The SMILES string of the molecule is O=C1C=CC=C(C2=CN(CCN3CCC(c4ccccc4C(=O)NCc4cccnc4)CC3)C=CO2)C1. The van der Waals surface area contributed by atoms with Gasteiger partial charge in [0.05, 0.1) is 0 Å². The predicted octanol–water partition coefficient (Wildman–Crippen LogP) is 4.29. The highest BCUT2D eigenvalue weighted by atomic mass is 16.5. The molecule has 37 heavy (non-hydrogen) atoms. The molecule has 7 heteroatoms. The number of nitrogens with zero attached hydrogens (tertiary/aromatic N) is 3. The molecule has 0 unspecified atom stereocenters. The van der Waals surface area contributed by atoms with Crippen molar-refractivity contribution in [2.75, 3.05) is 26.2 Å². The van der Waals surface area contributed by atoms with E-state index < -0.39 is 0 Å². The van der Waals surface area contributed by atoms with Crippen LogP contribution < -0.4 is 5.32 Å². The number of carbonyl (C=O) groups is 2. The molecule has 1 saturated heterocycles. The number of hydrogen-bond acceptors (Lipinski definition) is 6. The van der Waals surface area contributed by atoms with E-state index in [0.29, 0.717) is 18.9 Å². The second-order valence-electron chi connectivity index (χ2n) is 9.58. The molecule has 1 amide bonds. The molecule has 1 fully saturated rings. The van der Waals surface area contributed by atoms with Gasteiger partial charge in [0.15, 0.2) is 5.78 Å². The van der Waals surface area contributed by atoms with Crippen LogP contribution in [-0.2, 0) is 16.1 Å². The molecule has 7 nitrogen and oxygen atoms in total. The van der Waals surface area contributed by atoms with Crippen molar-refractivity contribution in [2.24, 2.45) is 0 Å². The molecule has 0 saturated carbocycles. The zero-order chi connectivity index (χ0) is 25.5. The van der Waals surface area contributed by atoms with Crippen molar-refractivity contribution in [3.63, 3.8) is 0 Å². The molecule has 3 aliphatic rings. The van der Waals surface area contributed by atoms with Gasteiger partial charge in [0.2, 0.25) is 0 Å². The first-order chi connectivity index (χ1) is 18.2. The number of ether oxygens (including phenoxy) is 1. The van der Waals surface area contributed by atoms with Crippen molar-refractivity contribution >= 4 is 11.7 Å². The number of allylic oxidation sites excluding steroid dienone is 4. The van der Waals surface area contributed by atoms with Crippen molar-refractivity contribution in [3.05, 3.63) is 114 Å². The predicted molar refractivity (Wildman–Crippen MR) is 142 cm³/mol. The molecule has 1 N–H and O–H groups in total. The lowest BCUT2D eigenvalue weighted by atomic mass is 9.86. The van der Waals surface area contributed by atoms with Gasteiger partial charge in [0, 0.05) is 62.0 Å². The lowest BCUT2D eigenvalue weighted by Gasteiger charge is -2.34. The molecule has 0 spiro atoms. The molecule has 1 aromatic carbocycles. The van der Waals surface area contributed by atoms with E-state index in [2.05, 4.69) is 26.2 Å². The first kappa shape index (κ1) is 24.7. The monoisotopic (exact) mass is 496 g/mol. The van der Waals surface area contributed by atoms with Gasteiger partial charge >= 0.3 is 0 Å². The van der Waals surface area contributed by atoms with Gasteiger partial charge in [-0.15, -0.1) is 0 Å². The van der Waals surface area contributed by atoms with Crippen molar-refractivity contribution < 1.29 is 14.3 Å². The number of carbonyl (C=O) groups excluding carboxylic acids is 2. The standard InChI is InChI=1S/C30H32N4O3/c35-26-7-3-6-25(19-26)29-22-34(17-18-37-29)16-15-33-13-10-24(11-14-33)27-8-1-2-9-28(27)30(36)32-21-23-5-4-12-31-20-23/h1-9,12,17-18,20,22,24H,10-11,13-16,19,21H2,(H,32,36). The summed E-state index contributed by atoms with van der Waals surface area (Å²) in [5, 5.41) is 3.05. The number of benzene rings is 1. The number of rotatable bonds is 8. The van der Waals surface area contributed by atoms with Crippen LogP contribution in [0.1, 0.15) is 46.7 Å². The number of nitrogens with one attached hydrogen (secondary N) is 1. The van der Waals surface area contributed by atoms with Crippen LogP contribution in [0, 0.1) is 0 Å². The van der Waals surface area contributed by atoms with E-state index in [0.717, 1.165) is 67.0 Å². The Kier molecular flexibility index (Phi) is 7.91. The van der Waals surface area contributed by atoms with Crippen LogP contribution in [0.25, 0.3) is 0 Å². The summed E-state index contributed by atoms with van der Waals surface area (Å²) >= 11 is 0. The first-order valence-electron chi connectivity index (χ1n) is 12.9. The van der Waals surface area contributed by atoms with E-state index >= 15 is 0 Å². The normalized spacial score (nSPS) is 18.3. The van der Waals surface area contributed by atoms with E-state index in [1.807, 2.05) is 48.8 Å². The van der Waals surface area contributed by atoms with Crippen LogP contribution in [0.15, 0.2) is 97.0 Å². The summed E-state index contributed by atoms with van der Waals surface area (Å²) in [7, 11) is 0. The first-order valence-corrected chi connectivity index (χ1v) is 12.9. The Labute approximate surface area is 217 Å². The van der Waals surface area contributed by atoms with Crippen molar-refractivity contribution in [2.45, 2.75) is 31.7 Å². The minimum atomic E-state index is -0.0335. The maximum atomic E-state index is 13.0. The van der Waals surface area contributed by atoms with Gasteiger partial charge in [0.1, 0.15) is 12.0 Å². The summed E-state index contributed by atoms with van der Waals surface area (Å²) in [6.45, 7) is 4.23. The van der Waals surface area contributed by atoms with Crippen molar-refractivity contribution in [1.29, 1.82) is 0 Å². The zero-order valence-corrected chi connectivity index (χ0v) is 20.9. The average molecular weight is 497 g/mol. The van der Waals surface area contributed by atoms with E-state index in [4.69, 9.17) is 4.74 Å². The Morgan fingerprint density at radius 2 is 1.97 bits per heavy atom. The Morgan fingerprint density at radius 1 is 1.11 bits per heavy atom. The fraction of sp³-hybridized carbons (Fsp3) is 0.300. The quantitative estimate of drug-likeness (QED) is 0.588. The fourth-order valence-corrected chi connectivity index (χ4v) is 5.01. The third kappa shape index (κ3) is 6.43. The van der Waals surface area contributed by atoms with Crippen LogP contribution in [0.2, 0.25) is 0 Å². The largest absolute Gasteiger partial charge is 0.462 e. The Bertz CT molecular complexity index is 1240. The molecule has 1 aliphatic carbocycles. The maximum absolute atomic E-state index is 13.0. The molecule has 5 rings (SSSR count).